The van der Waals surface area contributed by atoms with E-state index >= 15 is 0 Å². The van der Waals surface area contributed by atoms with Gasteiger partial charge < -0.3 is 4.74 Å². The van der Waals surface area contributed by atoms with Gasteiger partial charge in [0.1, 0.15) is 5.75 Å². The van der Waals surface area contributed by atoms with Crippen LogP contribution in [0.5, 0.6) is 5.75 Å². The fourth-order valence-corrected chi connectivity index (χ4v) is 2.14. The molecule has 0 aliphatic carbocycles. The maximum atomic E-state index is 10.6. The van der Waals surface area contributed by atoms with E-state index in [-0.39, 0.29) is 5.75 Å². The number of halogens is 1. The molecule has 16 heavy (non-hydrogen) atoms. The van der Waals surface area contributed by atoms with Crippen LogP contribution in [0, 0.1) is 0 Å². The summed E-state index contributed by atoms with van der Waals surface area (Å²) in [6.07, 6.45) is 1.19. The molecule has 1 aromatic carbocycles. The van der Waals surface area contributed by atoms with Gasteiger partial charge in [-0.25, -0.2) is 13.6 Å². The average Bonchev–Trinajstić information content (AvgIpc) is 2.15. The number of sulfonamides is 1. The van der Waals surface area contributed by atoms with Crippen molar-refractivity contribution in [2.45, 2.75) is 12.8 Å². The third-order valence-electron chi connectivity index (χ3n) is 1.89. The van der Waals surface area contributed by atoms with E-state index in [2.05, 4.69) is 15.9 Å². The first-order chi connectivity index (χ1) is 7.47. The van der Waals surface area contributed by atoms with Crippen LogP contribution in [0.2, 0.25) is 0 Å². The molecular formula is C10H14BrNO3S. The van der Waals surface area contributed by atoms with Crippen LogP contribution in [0.1, 0.15) is 12.8 Å². The first-order valence-corrected chi connectivity index (χ1v) is 7.37. The zero-order chi connectivity index (χ0) is 12.0. The minimum Gasteiger partial charge on any atom is -0.494 e. The highest BCUT2D eigenvalue weighted by atomic mass is 79.9. The molecule has 4 nitrogen and oxygen atoms in total. The van der Waals surface area contributed by atoms with Crippen LogP contribution in [-0.2, 0) is 10.0 Å². The van der Waals surface area contributed by atoms with Crippen LogP contribution in [-0.4, -0.2) is 20.8 Å². The van der Waals surface area contributed by atoms with Crippen LogP contribution in [0.4, 0.5) is 0 Å². The minimum atomic E-state index is -3.34. The van der Waals surface area contributed by atoms with Crippen molar-refractivity contribution in [1.29, 1.82) is 0 Å². The second kappa shape index (κ2) is 6.22. The van der Waals surface area contributed by atoms with Crippen molar-refractivity contribution in [1.82, 2.24) is 0 Å². The molecule has 0 saturated heterocycles. The normalized spacial score (nSPS) is 11.4. The molecule has 2 N–H and O–H groups in total. The van der Waals surface area contributed by atoms with Crippen molar-refractivity contribution in [3.63, 3.8) is 0 Å². The fraction of sp³-hybridized carbons (Fsp3) is 0.400. The van der Waals surface area contributed by atoms with E-state index < -0.39 is 10.0 Å². The highest BCUT2D eigenvalue weighted by Gasteiger charge is 2.01. The number of ether oxygens (including phenoxy) is 1. The van der Waals surface area contributed by atoms with E-state index in [0.717, 1.165) is 10.2 Å². The maximum absolute atomic E-state index is 10.6. The Bertz CT molecular complexity index is 433. The van der Waals surface area contributed by atoms with Crippen LogP contribution in [0.25, 0.3) is 0 Å². The summed E-state index contributed by atoms with van der Waals surface area (Å²) in [5, 5.41) is 4.87. The van der Waals surface area contributed by atoms with Gasteiger partial charge in [0.05, 0.1) is 12.4 Å². The van der Waals surface area contributed by atoms with E-state index in [1.807, 2.05) is 24.3 Å². The van der Waals surface area contributed by atoms with Gasteiger partial charge in [0, 0.05) is 4.47 Å². The monoisotopic (exact) mass is 307 g/mol. The molecule has 0 bridgehead atoms. The van der Waals surface area contributed by atoms with Gasteiger partial charge in [-0.05, 0) is 31.0 Å². The predicted octanol–water partition coefficient (Wildman–Crippen LogP) is 1.90. The smallest absolute Gasteiger partial charge is 0.209 e. The molecule has 0 radical (unpaired) electrons. The number of benzene rings is 1. The van der Waals surface area contributed by atoms with Crippen molar-refractivity contribution < 1.29 is 13.2 Å². The first-order valence-electron chi connectivity index (χ1n) is 4.86. The average molecular weight is 308 g/mol. The van der Waals surface area contributed by atoms with Crippen molar-refractivity contribution in [2.75, 3.05) is 12.4 Å². The van der Waals surface area contributed by atoms with Gasteiger partial charge in [-0.3, -0.25) is 0 Å². The SMILES string of the molecule is NS(=O)(=O)CCCCOc1cccc(Br)c1. The number of hydrogen-bond acceptors (Lipinski definition) is 3. The Kier molecular flexibility index (Phi) is 5.24. The Morgan fingerprint density at radius 1 is 1.31 bits per heavy atom. The summed E-state index contributed by atoms with van der Waals surface area (Å²) in [4.78, 5) is 0. The lowest BCUT2D eigenvalue weighted by Gasteiger charge is -2.05. The van der Waals surface area contributed by atoms with Crippen LogP contribution < -0.4 is 9.88 Å². The highest BCUT2D eigenvalue weighted by Crippen LogP contribution is 2.17. The third-order valence-corrected chi connectivity index (χ3v) is 3.24. The Morgan fingerprint density at radius 2 is 2.06 bits per heavy atom. The minimum absolute atomic E-state index is 0.00877. The molecule has 1 aromatic rings. The number of unbranched alkanes of at least 4 members (excludes halogenated alkanes) is 1. The molecule has 0 unspecified atom stereocenters. The van der Waals surface area contributed by atoms with Gasteiger partial charge in [0.2, 0.25) is 10.0 Å². The summed E-state index contributed by atoms with van der Waals surface area (Å²) in [6, 6.07) is 7.50. The summed E-state index contributed by atoms with van der Waals surface area (Å²) in [7, 11) is -3.34. The van der Waals surface area contributed by atoms with Gasteiger partial charge in [-0.15, -0.1) is 0 Å². The van der Waals surface area contributed by atoms with E-state index in [1.54, 1.807) is 0 Å². The molecule has 0 aliphatic heterocycles. The second-order valence-corrected chi connectivity index (χ2v) is 6.03. The molecule has 0 atom stereocenters. The lowest BCUT2D eigenvalue weighted by atomic mass is 10.3. The summed E-state index contributed by atoms with van der Waals surface area (Å²) >= 11 is 3.34. The summed E-state index contributed by atoms with van der Waals surface area (Å²) in [5.41, 5.74) is 0. The van der Waals surface area contributed by atoms with Crippen LogP contribution in [0.3, 0.4) is 0 Å². The number of nitrogens with two attached hydrogens (primary N) is 1. The van der Waals surface area contributed by atoms with Crippen LogP contribution in [0.15, 0.2) is 28.7 Å². The van der Waals surface area contributed by atoms with Gasteiger partial charge in [0.15, 0.2) is 0 Å². The molecular weight excluding hydrogens is 294 g/mol. The Labute approximate surface area is 104 Å². The molecule has 6 heteroatoms. The molecule has 90 valence electrons. The maximum Gasteiger partial charge on any atom is 0.209 e. The zero-order valence-corrected chi connectivity index (χ0v) is 11.1. The zero-order valence-electron chi connectivity index (χ0n) is 8.73. The number of primary sulfonamides is 1. The third kappa shape index (κ3) is 6.09. The van der Waals surface area contributed by atoms with Crippen molar-refractivity contribution in [3.8, 4) is 5.75 Å². The van der Waals surface area contributed by atoms with Gasteiger partial charge >= 0.3 is 0 Å². The topological polar surface area (TPSA) is 69.4 Å². The first kappa shape index (κ1) is 13.5. The summed E-state index contributed by atoms with van der Waals surface area (Å²) < 4.78 is 27.7. The van der Waals surface area contributed by atoms with E-state index in [4.69, 9.17) is 9.88 Å². The van der Waals surface area contributed by atoms with Crippen molar-refractivity contribution >= 4 is 26.0 Å². The molecule has 0 heterocycles. The highest BCUT2D eigenvalue weighted by molar-refractivity contribution is 9.10. The lowest BCUT2D eigenvalue weighted by molar-refractivity contribution is 0.309. The number of hydrogen-bond donors (Lipinski definition) is 1. The van der Waals surface area contributed by atoms with E-state index in [0.29, 0.717) is 19.4 Å². The molecule has 1 rings (SSSR count). The molecule has 0 spiro atoms. The van der Waals surface area contributed by atoms with E-state index in [9.17, 15) is 8.42 Å². The van der Waals surface area contributed by atoms with Crippen LogP contribution >= 0.6 is 15.9 Å². The number of rotatable bonds is 6. The molecule has 0 amide bonds. The fourth-order valence-electron chi connectivity index (χ4n) is 1.15. The molecule has 0 fully saturated rings. The van der Waals surface area contributed by atoms with Crippen molar-refractivity contribution in [3.05, 3.63) is 28.7 Å². The Hall–Kier alpha value is -0.590. The standard InChI is InChI=1S/C10H14BrNO3S/c11-9-4-3-5-10(8-9)15-6-1-2-7-16(12,13)14/h3-5,8H,1-2,6-7H2,(H2,12,13,14). The molecule has 0 aliphatic rings. The summed E-state index contributed by atoms with van der Waals surface area (Å²) in [6.45, 7) is 0.492. The van der Waals surface area contributed by atoms with Gasteiger partial charge in [-0.2, -0.15) is 0 Å². The van der Waals surface area contributed by atoms with E-state index in [1.165, 1.54) is 0 Å². The Balaban J connectivity index is 2.21. The lowest BCUT2D eigenvalue weighted by Crippen LogP contribution is -2.16. The quantitative estimate of drug-likeness (QED) is 0.816. The Morgan fingerprint density at radius 3 is 2.69 bits per heavy atom. The summed E-state index contributed by atoms with van der Waals surface area (Å²) in [5.74, 6) is 0.777. The predicted molar refractivity (Wildman–Crippen MR) is 66.8 cm³/mol. The largest absolute Gasteiger partial charge is 0.494 e. The molecule has 0 aromatic heterocycles. The molecule has 0 saturated carbocycles. The van der Waals surface area contributed by atoms with Gasteiger partial charge in [0.25, 0.3) is 0 Å². The van der Waals surface area contributed by atoms with Gasteiger partial charge in [-0.1, -0.05) is 22.0 Å². The second-order valence-electron chi connectivity index (χ2n) is 3.38. The van der Waals surface area contributed by atoms with Crippen molar-refractivity contribution in [2.24, 2.45) is 5.14 Å².